The third kappa shape index (κ3) is 8.58. The lowest BCUT2D eigenvalue weighted by Gasteiger charge is -2.35. The number of hydrogen-bond acceptors (Lipinski definition) is 5. The number of aryl methyl sites for hydroxylation is 2. The summed E-state index contributed by atoms with van der Waals surface area (Å²) >= 11 is 0. The van der Waals surface area contributed by atoms with Crippen molar-refractivity contribution in [1.82, 2.24) is 10.2 Å². The number of amides is 2. The highest BCUT2D eigenvalue weighted by atomic mass is 32.2. The number of sulfonamides is 1. The molecule has 0 bridgehead atoms. The van der Waals surface area contributed by atoms with Gasteiger partial charge in [0.25, 0.3) is 10.0 Å². The normalized spacial score (nSPS) is 12.4. The zero-order valence-corrected chi connectivity index (χ0v) is 26.5. The van der Waals surface area contributed by atoms with Gasteiger partial charge in [0.15, 0.2) is 0 Å². The molecule has 1 unspecified atom stereocenters. The van der Waals surface area contributed by atoms with E-state index in [0.29, 0.717) is 24.5 Å². The first kappa shape index (κ1) is 32.7. The van der Waals surface area contributed by atoms with Crippen LogP contribution in [0, 0.1) is 13.8 Å². The predicted octanol–water partition coefficient (Wildman–Crippen LogP) is 5.62. The Morgan fingerprint density at radius 1 is 0.905 bits per heavy atom. The average Bonchev–Trinajstić information content (AvgIpc) is 2.91. The molecular weight excluding hydrogens is 550 g/mol. The van der Waals surface area contributed by atoms with Crippen LogP contribution in [-0.2, 0) is 26.2 Å². The van der Waals surface area contributed by atoms with Crippen molar-refractivity contribution >= 4 is 27.5 Å². The van der Waals surface area contributed by atoms with Crippen molar-refractivity contribution in [3.05, 3.63) is 89.5 Å². The van der Waals surface area contributed by atoms with E-state index in [4.69, 9.17) is 4.74 Å². The van der Waals surface area contributed by atoms with Gasteiger partial charge in [0.05, 0.1) is 17.2 Å². The van der Waals surface area contributed by atoms with Crippen molar-refractivity contribution in [3.8, 4) is 5.75 Å². The van der Waals surface area contributed by atoms with Crippen molar-refractivity contribution in [2.75, 3.05) is 17.5 Å². The Morgan fingerprint density at radius 3 is 2.10 bits per heavy atom. The van der Waals surface area contributed by atoms with Crippen LogP contribution in [0.2, 0.25) is 0 Å². The molecule has 9 heteroatoms. The summed E-state index contributed by atoms with van der Waals surface area (Å²) in [6.45, 7) is 13.3. The van der Waals surface area contributed by atoms with E-state index in [-0.39, 0.29) is 17.3 Å². The lowest BCUT2D eigenvalue weighted by Crippen LogP contribution is -2.55. The number of carbonyl (C=O) groups excluding carboxylic acids is 2. The van der Waals surface area contributed by atoms with E-state index < -0.39 is 34.1 Å². The molecule has 3 aromatic rings. The molecule has 42 heavy (non-hydrogen) atoms. The topological polar surface area (TPSA) is 96.0 Å². The van der Waals surface area contributed by atoms with E-state index in [1.807, 2.05) is 72.7 Å². The number of nitrogens with one attached hydrogen (secondary N) is 1. The SMILES string of the molecule is CCOc1ccc(S(=O)(=O)N(CC(=O)N(Cc2cccc(C)c2)C(CC)C(=O)NC(C)(C)C)c2ccc(C)cc2)cc1. The minimum atomic E-state index is -4.16. The number of anilines is 1. The zero-order valence-electron chi connectivity index (χ0n) is 25.7. The van der Waals surface area contributed by atoms with E-state index in [0.717, 1.165) is 21.0 Å². The maximum absolute atomic E-state index is 14.2. The molecule has 0 radical (unpaired) electrons. The molecule has 0 spiro atoms. The number of nitrogens with zero attached hydrogens (tertiary/aromatic N) is 2. The number of rotatable bonds is 12. The maximum atomic E-state index is 14.2. The van der Waals surface area contributed by atoms with Gasteiger partial charge in [0, 0.05) is 12.1 Å². The van der Waals surface area contributed by atoms with E-state index >= 15 is 0 Å². The molecule has 0 saturated carbocycles. The molecule has 0 aliphatic carbocycles. The van der Waals surface area contributed by atoms with E-state index in [1.165, 1.54) is 17.0 Å². The first-order valence-corrected chi connectivity index (χ1v) is 15.7. The summed E-state index contributed by atoms with van der Waals surface area (Å²) in [5, 5.41) is 2.99. The fraction of sp³-hybridized carbons (Fsp3) is 0.394. The molecule has 0 saturated heterocycles. The second-order valence-corrected chi connectivity index (χ2v) is 13.3. The van der Waals surface area contributed by atoms with E-state index in [1.54, 1.807) is 36.4 Å². The van der Waals surface area contributed by atoms with Crippen molar-refractivity contribution < 1.29 is 22.7 Å². The largest absolute Gasteiger partial charge is 0.494 e. The standard InChI is InChI=1S/C33H43N3O5S/c1-8-30(32(38)34-33(5,6)7)35(22-26-12-10-11-25(4)21-26)31(37)23-36(27-15-13-24(3)14-16-27)42(39,40)29-19-17-28(18-20-29)41-9-2/h10-21,30H,8-9,22-23H2,1-7H3,(H,34,38). The number of ether oxygens (including phenoxy) is 1. The van der Waals surface area contributed by atoms with Crippen LogP contribution in [0.3, 0.4) is 0 Å². The fourth-order valence-electron chi connectivity index (χ4n) is 4.62. The van der Waals surface area contributed by atoms with Crippen LogP contribution in [0.25, 0.3) is 0 Å². The van der Waals surface area contributed by atoms with Gasteiger partial charge >= 0.3 is 0 Å². The molecule has 3 rings (SSSR count). The second-order valence-electron chi connectivity index (χ2n) is 11.4. The molecule has 0 fully saturated rings. The summed E-state index contributed by atoms with van der Waals surface area (Å²) in [6.07, 6.45) is 0.357. The molecule has 1 N–H and O–H groups in total. The van der Waals surface area contributed by atoms with Crippen molar-refractivity contribution in [1.29, 1.82) is 0 Å². The predicted molar refractivity (Wildman–Crippen MR) is 167 cm³/mol. The highest BCUT2D eigenvalue weighted by Gasteiger charge is 2.34. The molecule has 8 nitrogen and oxygen atoms in total. The van der Waals surface area contributed by atoms with Crippen molar-refractivity contribution in [3.63, 3.8) is 0 Å². The minimum absolute atomic E-state index is 0.0297. The maximum Gasteiger partial charge on any atom is 0.264 e. The lowest BCUT2D eigenvalue weighted by atomic mass is 10.0. The summed E-state index contributed by atoms with van der Waals surface area (Å²) in [4.78, 5) is 29.2. The third-order valence-electron chi connectivity index (χ3n) is 6.64. The van der Waals surface area contributed by atoms with Gasteiger partial charge in [-0.05, 0) is 89.9 Å². The van der Waals surface area contributed by atoms with E-state index in [9.17, 15) is 18.0 Å². The van der Waals surface area contributed by atoms with Crippen LogP contribution in [-0.4, -0.2) is 49.9 Å². The minimum Gasteiger partial charge on any atom is -0.494 e. The third-order valence-corrected chi connectivity index (χ3v) is 8.43. The summed E-state index contributed by atoms with van der Waals surface area (Å²) in [7, 11) is -4.16. The zero-order chi connectivity index (χ0) is 31.1. The van der Waals surface area contributed by atoms with Crippen LogP contribution in [0.5, 0.6) is 5.75 Å². The average molecular weight is 594 g/mol. The van der Waals surface area contributed by atoms with E-state index in [2.05, 4.69) is 5.32 Å². The summed E-state index contributed by atoms with van der Waals surface area (Å²) in [6, 6.07) is 20.0. The van der Waals surface area contributed by atoms with Gasteiger partial charge < -0.3 is 15.0 Å². The molecule has 2 amide bonds. The summed E-state index contributed by atoms with van der Waals surface area (Å²) in [5.74, 6) is -0.223. The molecule has 0 aromatic heterocycles. The Morgan fingerprint density at radius 2 is 1.55 bits per heavy atom. The number of carbonyl (C=O) groups is 2. The number of hydrogen-bond donors (Lipinski definition) is 1. The molecule has 226 valence electrons. The molecule has 1 atom stereocenters. The Balaban J connectivity index is 2.06. The van der Waals surface area contributed by atoms with Gasteiger partial charge in [-0.2, -0.15) is 0 Å². The Kier molecular flexibility index (Phi) is 10.8. The molecular formula is C33H43N3O5S. The number of benzene rings is 3. The molecule has 0 heterocycles. The quantitative estimate of drug-likeness (QED) is 0.294. The first-order valence-electron chi connectivity index (χ1n) is 14.2. The van der Waals surface area contributed by atoms with Gasteiger partial charge in [-0.15, -0.1) is 0 Å². The van der Waals surface area contributed by atoms with Crippen molar-refractivity contribution in [2.45, 2.75) is 77.9 Å². The molecule has 0 aliphatic heterocycles. The molecule has 3 aromatic carbocycles. The Labute approximate surface area is 250 Å². The summed E-state index contributed by atoms with van der Waals surface area (Å²) in [5.41, 5.74) is 2.67. The lowest BCUT2D eigenvalue weighted by molar-refractivity contribution is -0.141. The first-order chi connectivity index (χ1) is 19.7. The molecule has 0 aliphatic rings. The highest BCUT2D eigenvalue weighted by molar-refractivity contribution is 7.92. The van der Waals surface area contributed by atoms with Gasteiger partial charge in [-0.1, -0.05) is 54.4 Å². The van der Waals surface area contributed by atoms with Crippen LogP contribution in [0.4, 0.5) is 5.69 Å². The Hall–Kier alpha value is -3.85. The van der Waals surface area contributed by atoms with Crippen molar-refractivity contribution in [2.24, 2.45) is 0 Å². The van der Waals surface area contributed by atoms with Gasteiger partial charge in [0.1, 0.15) is 18.3 Å². The monoisotopic (exact) mass is 593 g/mol. The van der Waals surface area contributed by atoms with Gasteiger partial charge in [-0.3, -0.25) is 13.9 Å². The Bertz CT molecular complexity index is 1460. The van der Waals surface area contributed by atoms with Crippen LogP contribution in [0.15, 0.2) is 77.7 Å². The van der Waals surface area contributed by atoms with Gasteiger partial charge in [0.2, 0.25) is 11.8 Å². The fourth-order valence-corrected chi connectivity index (χ4v) is 6.04. The van der Waals surface area contributed by atoms with Crippen LogP contribution < -0.4 is 14.4 Å². The van der Waals surface area contributed by atoms with Gasteiger partial charge in [-0.25, -0.2) is 8.42 Å². The van der Waals surface area contributed by atoms with Crippen LogP contribution >= 0.6 is 0 Å². The summed E-state index contributed by atoms with van der Waals surface area (Å²) < 4.78 is 34.7. The second kappa shape index (κ2) is 13.9. The van der Waals surface area contributed by atoms with Crippen LogP contribution in [0.1, 0.15) is 57.7 Å². The smallest absolute Gasteiger partial charge is 0.264 e. The highest BCUT2D eigenvalue weighted by Crippen LogP contribution is 2.27.